The number of hydrogen-bond acceptors (Lipinski definition) is 3. The molecular formula is C13H26N4O2S. The van der Waals surface area contributed by atoms with E-state index in [9.17, 15) is 8.42 Å². The van der Waals surface area contributed by atoms with Gasteiger partial charge in [-0.25, -0.2) is 12.7 Å². The molecule has 1 aliphatic heterocycles. The fourth-order valence-electron chi connectivity index (χ4n) is 2.15. The van der Waals surface area contributed by atoms with E-state index in [4.69, 9.17) is 0 Å². The van der Waals surface area contributed by atoms with Gasteiger partial charge >= 0.3 is 0 Å². The third-order valence-electron chi connectivity index (χ3n) is 3.31. The van der Waals surface area contributed by atoms with E-state index in [2.05, 4.69) is 22.2 Å². The topological polar surface area (TPSA) is 73.8 Å². The zero-order chi connectivity index (χ0) is 15.0. The van der Waals surface area contributed by atoms with Crippen LogP contribution in [0.5, 0.6) is 0 Å². The van der Waals surface area contributed by atoms with Crippen LogP contribution in [0, 0.1) is 5.92 Å². The molecule has 0 radical (unpaired) electrons. The SMILES string of the molecule is C=CCNC(=NCC1CCN(S(C)(=O)=O)CC1)NCC. The third kappa shape index (κ3) is 5.92. The number of nitrogens with zero attached hydrogens (tertiary/aromatic N) is 2. The Morgan fingerprint density at radius 3 is 2.55 bits per heavy atom. The van der Waals surface area contributed by atoms with E-state index < -0.39 is 10.0 Å². The Kier molecular flexibility index (Phi) is 7.01. The van der Waals surface area contributed by atoms with Crippen molar-refractivity contribution < 1.29 is 8.42 Å². The van der Waals surface area contributed by atoms with Gasteiger partial charge < -0.3 is 10.6 Å². The zero-order valence-electron chi connectivity index (χ0n) is 12.4. The molecule has 0 unspecified atom stereocenters. The second-order valence-corrected chi connectivity index (χ2v) is 6.98. The highest BCUT2D eigenvalue weighted by Crippen LogP contribution is 2.19. The standard InChI is InChI=1S/C13H26N4O2S/c1-4-8-15-13(14-5-2)16-11-12-6-9-17(10-7-12)20(3,18)19/h4,12H,1,5-11H2,2-3H3,(H2,14,15,16). The Morgan fingerprint density at radius 1 is 1.40 bits per heavy atom. The molecule has 1 aliphatic rings. The average Bonchev–Trinajstić information content (AvgIpc) is 2.41. The Balaban J connectivity index is 2.43. The molecule has 0 saturated carbocycles. The Labute approximate surface area is 122 Å². The quantitative estimate of drug-likeness (QED) is 0.423. The van der Waals surface area contributed by atoms with Gasteiger partial charge in [0.15, 0.2) is 5.96 Å². The molecule has 20 heavy (non-hydrogen) atoms. The molecule has 2 N–H and O–H groups in total. The molecule has 116 valence electrons. The second-order valence-electron chi connectivity index (χ2n) is 4.99. The minimum absolute atomic E-state index is 0.451. The highest BCUT2D eigenvalue weighted by Gasteiger charge is 2.24. The van der Waals surface area contributed by atoms with Gasteiger partial charge in [0.2, 0.25) is 10.0 Å². The molecular weight excluding hydrogens is 276 g/mol. The van der Waals surface area contributed by atoms with Crippen molar-refractivity contribution in [1.82, 2.24) is 14.9 Å². The van der Waals surface area contributed by atoms with E-state index >= 15 is 0 Å². The molecule has 0 spiro atoms. The minimum atomic E-state index is -3.04. The summed E-state index contributed by atoms with van der Waals surface area (Å²) in [5.41, 5.74) is 0. The van der Waals surface area contributed by atoms with E-state index in [0.717, 1.165) is 31.9 Å². The van der Waals surface area contributed by atoms with E-state index in [-0.39, 0.29) is 0 Å². The first-order valence-electron chi connectivity index (χ1n) is 7.05. The normalized spacial score (nSPS) is 18.8. The summed E-state index contributed by atoms with van der Waals surface area (Å²) in [5, 5.41) is 6.33. The van der Waals surface area contributed by atoms with Crippen LogP contribution in [0.25, 0.3) is 0 Å². The summed E-state index contributed by atoms with van der Waals surface area (Å²) in [7, 11) is -3.04. The average molecular weight is 302 g/mol. The van der Waals surface area contributed by atoms with Crippen molar-refractivity contribution in [3.63, 3.8) is 0 Å². The molecule has 1 rings (SSSR count). The molecule has 0 atom stereocenters. The Bertz CT molecular complexity index is 426. The summed E-state index contributed by atoms with van der Waals surface area (Å²) in [5.74, 6) is 1.24. The summed E-state index contributed by atoms with van der Waals surface area (Å²) >= 11 is 0. The van der Waals surface area contributed by atoms with Crippen LogP contribution >= 0.6 is 0 Å². The van der Waals surface area contributed by atoms with Crippen molar-refractivity contribution in [2.24, 2.45) is 10.9 Å². The van der Waals surface area contributed by atoms with Crippen LogP contribution in [0.2, 0.25) is 0 Å². The fourth-order valence-corrected chi connectivity index (χ4v) is 3.03. The number of piperidine rings is 1. The lowest BCUT2D eigenvalue weighted by atomic mass is 9.98. The molecule has 0 aliphatic carbocycles. The smallest absolute Gasteiger partial charge is 0.211 e. The van der Waals surface area contributed by atoms with Crippen LogP contribution in [-0.2, 0) is 10.0 Å². The lowest BCUT2D eigenvalue weighted by Gasteiger charge is -2.29. The maximum absolute atomic E-state index is 11.4. The Hall–Kier alpha value is -1.08. The summed E-state index contributed by atoms with van der Waals surface area (Å²) in [6.45, 7) is 9.12. The molecule has 0 aromatic carbocycles. The van der Waals surface area contributed by atoms with Crippen LogP contribution in [0.1, 0.15) is 19.8 Å². The first kappa shape index (κ1) is 17.0. The third-order valence-corrected chi connectivity index (χ3v) is 4.61. The molecule has 7 heteroatoms. The van der Waals surface area contributed by atoms with E-state index in [1.165, 1.54) is 6.26 Å². The molecule has 1 fully saturated rings. The number of rotatable bonds is 6. The van der Waals surface area contributed by atoms with Gasteiger partial charge in [-0.15, -0.1) is 6.58 Å². The van der Waals surface area contributed by atoms with E-state index in [0.29, 0.717) is 25.6 Å². The lowest BCUT2D eigenvalue weighted by molar-refractivity contribution is 0.280. The van der Waals surface area contributed by atoms with Crippen LogP contribution in [0.3, 0.4) is 0 Å². The fraction of sp³-hybridized carbons (Fsp3) is 0.769. The Morgan fingerprint density at radius 2 is 2.05 bits per heavy atom. The highest BCUT2D eigenvalue weighted by molar-refractivity contribution is 7.88. The number of nitrogens with one attached hydrogen (secondary N) is 2. The van der Waals surface area contributed by atoms with Gasteiger partial charge in [-0.05, 0) is 25.7 Å². The van der Waals surface area contributed by atoms with Crippen molar-refractivity contribution >= 4 is 16.0 Å². The van der Waals surface area contributed by atoms with Crippen LogP contribution < -0.4 is 10.6 Å². The van der Waals surface area contributed by atoms with Gasteiger partial charge in [0, 0.05) is 32.7 Å². The summed E-state index contributed by atoms with van der Waals surface area (Å²) in [6, 6.07) is 0. The lowest BCUT2D eigenvalue weighted by Crippen LogP contribution is -2.40. The predicted molar refractivity (Wildman–Crippen MR) is 83.3 cm³/mol. The number of guanidine groups is 1. The molecule has 6 nitrogen and oxygen atoms in total. The van der Waals surface area contributed by atoms with Crippen molar-refractivity contribution in [3.8, 4) is 0 Å². The molecule has 0 amide bonds. The van der Waals surface area contributed by atoms with Gasteiger partial charge in [0.1, 0.15) is 0 Å². The van der Waals surface area contributed by atoms with Crippen LogP contribution in [0.4, 0.5) is 0 Å². The van der Waals surface area contributed by atoms with Crippen LogP contribution in [0.15, 0.2) is 17.6 Å². The monoisotopic (exact) mass is 302 g/mol. The van der Waals surface area contributed by atoms with Crippen LogP contribution in [-0.4, -0.2) is 57.7 Å². The van der Waals surface area contributed by atoms with Crippen molar-refractivity contribution in [2.75, 3.05) is 39.0 Å². The summed E-state index contributed by atoms with van der Waals surface area (Å²) in [4.78, 5) is 4.54. The molecule has 0 aromatic rings. The first-order chi connectivity index (χ1) is 9.47. The van der Waals surface area contributed by atoms with E-state index in [1.807, 2.05) is 6.92 Å². The predicted octanol–water partition coefficient (Wildman–Crippen LogP) is 0.399. The van der Waals surface area contributed by atoms with Gasteiger partial charge in [-0.3, -0.25) is 4.99 Å². The van der Waals surface area contributed by atoms with Crippen molar-refractivity contribution in [1.29, 1.82) is 0 Å². The largest absolute Gasteiger partial charge is 0.357 e. The summed E-state index contributed by atoms with van der Waals surface area (Å²) in [6.07, 6.45) is 4.81. The molecule has 0 bridgehead atoms. The maximum atomic E-state index is 11.4. The highest BCUT2D eigenvalue weighted by atomic mass is 32.2. The number of aliphatic imine (C=N–C) groups is 1. The van der Waals surface area contributed by atoms with Gasteiger partial charge in [-0.2, -0.15) is 0 Å². The molecule has 1 saturated heterocycles. The first-order valence-corrected chi connectivity index (χ1v) is 8.90. The minimum Gasteiger partial charge on any atom is -0.357 e. The molecule has 1 heterocycles. The van der Waals surface area contributed by atoms with Gasteiger partial charge in [-0.1, -0.05) is 6.08 Å². The number of hydrogen-bond donors (Lipinski definition) is 2. The van der Waals surface area contributed by atoms with Gasteiger partial charge in [0.05, 0.1) is 6.26 Å². The summed E-state index contributed by atoms with van der Waals surface area (Å²) < 4.78 is 24.4. The maximum Gasteiger partial charge on any atom is 0.211 e. The van der Waals surface area contributed by atoms with Crippen molar-refractivity contribution in [2.45, 2.75) is 19.8 Å². The molecule has 0 aromatic heterocycles. The zero-order valence-corrected chi connectivity index (χ0v) is 13.2. The van der Waals surface area contributed by atoms with Crippen molar-refractivity contribution in [3.05, 3.63) is 12.7 Å². The number of sulfonamides is 1. The van der Waals surface area contributed by atoms with Gasteiger partial charge in [0.25, 0.3) is 0 Å². The van der Waals surface area contributed by atoms with E-state index in [1.54, 1.807) is 10.4 Å². The second kappa shape index (κ2) is 8.26.